The summed E-state index contributed by atoms with van der Waals surface area (Å²) in [7, 11) is 0. The van der Waals surface area contributed by atoms with Crippen LogP contribution in [0.15, 0.2) is 45.8 Å². The number of halogens is 1. The smallest absolute Gasteiger partial charge is 0.284 e. The molecule has 0 saturated heterocycles. The van der Waals surface area contributed by atoms with Crippen molar-refractivity contribution in [1.29, 1.82) is 0 Å². The lowest BCUT2D eigenvalue weighted by Gasteiger charge is -2.14. The Morgan fingerprint density at radius 2 is 1.87 bits per heavy atom. The van der Waals surface area contributed by atoms with Gasteiger partial charge in [-0.25, -0.2) is 14.9 Å². The molecule has 23 heavy (non-hydrogen) atoms. The Kier molecular flexibility index (Phi) is 3.83. The number of benzene rings is 1. The van der Waals surface area contributed by atoms with Crippen LogP contribution < -0.4 is 10.5 Å². The highest BCUT2D eigenvalue weighted by Crippen LogP contribution is 2.22. The number of H-pyrrole nitrogens is 1. The van der Waals surface area contributed by atoms with Crippen molar-refractivity contribution in [2.75, 3.05) is 4.90 Å². The zero-order valence-corrected chi connectivity index (χ0v) is 13.3. The first kappa shape index (κ1) is 15.2. The fraction of sp³-hybridized carbons (Fsp3) is 0.125. The Balaban J connectivity index is 1.98. The zero-order chi connectivity index (χ0) is 16.6. The highest BCUT2D eigenvalue weighted by Gasteiger charge is 2.30. The number of carbonyl (C=O) groups is 1. The average Bonchev–Trinajstić information content (AvgIpc) is 2.75. The lowest BCUT2D eigenvalue weighted by atomic mass is 10.2. The van der Waals surface area contributed by atoms with Crippen LogP contribution >= 0.6 is 11.6 Å². The van der Waals surface area contributed by atoms with Crippen LogP contribution in [0.1, 0.15) is 18.2 Å². The zero-order valence-electron chi connectivity index (χ0n) is 12.5. The van der Waals surface area contributed by atoms with Crippen molar-refractivity contribution in [2.24, 2.45) is 4.99 Å². The third kappa shape index (κ3) is 3.07. The van der Waals surface area contributed by atoms with Gasteiger partial charge in [-0.3, -0.25) is 14.6 Å². The van der Waals surface area contributed by atoms with Crippen LogP contribution in [0, 0.1) is 6.92 Å². The summed E-state index contributed by atoms with van der Waals surface area (Å²) in [5, 5.41) is 0.618. The van der Waals surface area contributed by atoms with Crippen molar-refractivity contribution in [3.8, 4) is 0 Å². The van der Waals surface area contributed by atoms with Gasteiger partial charge >= 0.3 is 0 Å². The van der Waals surface area contributed by atoms with Gasteiger partial charge in [0.2, 0.25) is 5.95 Å². The number of nitrogens with one attached hydrogen (secondary N) is 1. The summed E-state index contributed by atoms with van der Waals surface area (Å²) in [6.45, 7) is 3.37. The first-order valence-corrected chi connectivity index (χ1v) is 7.27. The predicted molar refractivity (Wildman–Crippen MR) is 89.6 cm³/mol. The molecule has 1 aromatic heterocycles. The maximum absolute atomic E-state index is 12.6. The van der Waals surface area contributed by atoms with E-state index in [4.69, 9.17) is 11.6 Å². The lowest BCUT2D eigenvalue weighted by molar-refractivity contribution is -0.113. The normalized spacial score (nSPS) is 16.1. The number of amidine groups is 1. The number of hydrogen-bond donors (Lipinski definition) is 1. The Morgan fingerprint density at radius 3 is 2.52 bits per heavy atom. The molecule has 7 heteroatoms. The van der Waals surface area contributed by atoms with Gasteiger partial charge in [0.25, 0.3) is 11.5 Å². The van der Waals surface area contributed by atoms with Crippen LogP contribution in [-0.4, -0.2) is 21.7 Å². The summed E-state index contributed by atoms with van der Waals surface area (Å²) >= 11 is 5.85. The maximum atomic E-state index is 12.6. The van der Waals surface area contributed by atoms with Gasteiger partial charge in [-0.1, -0.05) is 23.7 Å². The molecule has 1 aromatic carbocycles. The van der Waals surface area contributed by atoms with Gasteiger partial charge in [0.1, 0.15) is 11.5 Å². The van der Waals surface area contributed by atoms with Crippen molar-refractivity contribution in [2.45, 2.75) is 13.8 Å². The largest absolute Gasteiger partial charge is 0.292 e. The molecule has 2 heterocycles. The molecule has 0 bridgehead atoms. The van der Waals surface area contributed by atoms with Crippen molar-refractivity contribution in [3.05, 3.63) is 62.7 Å². The van der Waals surface area contributed by atoms with Crippen molar-refractivity contribution in [1.82, 2.24) is 9.97 Å². The highest BCUT2D eigenvalue weighted by atomic mass is 35.5. The first-order valence-electron chi connectivity index (χ1n) is 6.89. The van der Waals surface area contributed by atoms with E-state index >= 15 is 0 Å². The average molecular weight is 329 g/mol. The van der Waals surface area contributed by atoms with Gasteiger partial charge in [-0.05, 0) is 37.6 Å². The molecule has 1 aliphatic rings. The molecule has 116 valence electrons. The molecule has 0 saturated carbocycles. The van der Waals surface area contributed by atoms with E-state index in [9.17, 15) is 9.59 Å². The summed E-state index contributed by atoms with van der Waals surface area (Å²) in [5.41, 5.74) is 1.29. The van der Waals surface area contributed by atoms with Gasteiger partial charge < -0.3 is 0 Å². The van der Waals surface area contributed by atoms with Gasteiger partial charge in [-0.2, -0.15) is 0 Å². The fourth-order valence-electron chi connectivity index (χ4n) is 2.26. The molecule has 0 spiro atoms. The number of nitrogens with zero attached hydrogens (tertiary/aromatic N) is 3. The number of hydrogen-bond acceptors (Lipinski definition) is 4. The second-order valence-electron chi connectivity index (χ2n) is 5.09. The number of amides is 1. The minimum Gasteiger partial charge on any atom is -0.292 e. The molecule has 1 N–H and O–H groups in total. The van der Waals surface area contributed by atoms with Crippen LogP contribution in [0.4, 0.5) is 5.95 Å². The number of anilines is 1. The van der Waals surface area contributed by atoms with Gasteiger partial charge in [0, 0.05) is 16.8 Å². The van der Waals surface area contributed by atoms with E-state index in [1.54, 1.807) is 44.2 Å². The van der Waals surface area contributed by atoms with E-state index in [2.05, 4.69) is 15.0 Å². The Hall–Kier alpha value is -2.73. The number of aromatic nitrogens is 2. The minimum absolute atomic E-state index is 0.167. The number of aryl methyl sites for hydroxylation is 1. The van der Waals surface area contributed by atoms with Crippen molar-refractivity contribution < 1.29 is 4.79 Å². The van der Waals surface area contributed by atoms with Crippen LogP contribution in [0.3, 0.4) is 0 Å². The summed E-state index contributed by atoms with van der Waals surface area (Å²) in [6, 6.07) is 8.43. The predicted octanol–water partition coefficient (Wildman–Crippen LogP) is 2.54. The van der Waals surface area contributed by atoms with E-state index in [1.165, 1.54) is 11.0 Å². The Labute approximate surface area is 137 Å². The maximum Gasteiger partial charge on any atom is 0.284 e. The molecular formula is C16H13ClN4O2. The van der Waals surface area contributed by atoms with E-state index in [0.717, 1.165) is 5.56 Å². The molecule has 0 aliphatic carbocycles. The third-order valence-corrected chi connectivity index (χ3v) is 3.52. The molecule has 1 aliphatic heterocycles. The Bertz CT molecular complexity index is 897. The monoisotopic (exact) mass is 328 g/mol. The van der Waals surface area contributed by atoms with E-state index in [1.807, 2.05) is 0 Å². The molecule has 0 unspecified atom stereocenters. The molecule has 0 fully saturated rings. The van der Waals surface area contributed by atoms with Crippen molar-refractivity contribution in [3.63, 3.8) is 0 Å². The molecular weight excluding hydrogens is 316 g/mol. The molecule has 1 amide bonds. The van der Waals surface area contributed by atoms with Crippen molar-refractivity contribution >= 4 is 35.4 Å². The van der Waals surface area contributed by atoms with Crippen LogP contribution in [0.5, 0.6) is 0 Å². The second-order valence-corrected chi connectivity index (χ2v) is 5.53. The SMILES string of the molecule is CC1=N/C(=C/c2ccc(Cl)cc2)C(=O)N1c1nc(C)cc(=O)[nH]1. The summed E-state index contributed by atoms with van der Waals surface area (Å²) < 4.78 is 0. The fourth-order valence-corrected chi connectivity index (χ4v) is 2.39. The summed E-state index contributed by atoms with van der Waals surface area (Å²) in [4.78, 5) is 36.5. The lowest BCUT2D eigenvalue weighted by Crippen LogP contribution is -2.33. The second kappa shape index (κ2) is 5.81. The minimum atomic E-state index is -0.341. The van der Waals surface area contributed by atoms with Crippen LogP contribution in [0.25, 0.3) is 6.08 Å². The summed E-state index contributed by atoms with van der Waals surface area (Å²) in [6.07, 6.45) is 1.66. The number of rotatable bonds is 2. The molecule has 3 rings (SSSR count). The van der Waals surface area contributed by atoms with E-state index in [-0.39, 0.29) is 23.1 Å². The third-order valence-electron chi connectivity index (χ3n) is 3.27. The molecule has 0 radical (unpaired) electrons. The molecule has 0 atom stereocenters. The number of aliphatic imine (C=N–C) groups is 1. The Morgan fingerprint density at radius 1 is 1.17 bits per heavy atom. The first-order chi connectivity index (χ1) is 10.9. The van der Waals surface area contributed by atoms with Gasteiger partial charge in [0.15, 0.2) is 0 Å². The van der Waals surface area contributed by atoms with Crippen LogP contribution in [-0.2, 0) is 4.79 Å². The highest BCUT2D eigenvalue weighted by molar-refractivity contribution is 6.30. The molecule has 2 aromatic rings. The quantitative estimate of drug-likeness (QED) is 0.860. The number of carbonyl (C=O) groups excluding carboxylic acids is 1. The van der Waals surface area contributed by atoms with E-state index < -0.39 is 0 Å². The van der Waals surface area contributed by atoms with E-state index in [0.29, 0.717) is 16.6 Å². The number of aromatic amines is 1. The molecule has 6 nitrogen and oxygen atoms in total. The standard InChI is InChI=1S/C16H13ClN4O2/c1-9-7-14(22)20-16(18-9)21-10(2)19-13(15(21)23)8-11-3-5-12(17)6-4-11/h3-8H,1-2H3,(H,18,20,22)/b13-8+. The van der Waals surface area contributed by atoms with Gasteiger partial charge in [0.05, 0.1) is 0 Å². The topological polar surface area (TPSA) is 78.4 Å². The van der Waals surface area contributed by atoms with Gasteiger partial charge in [-0.15, -0.1) is 0 Å². The summed E-state index contributed by atoms with van der Waals surface area (Å²) in [5.74, 6) is 0.274. The van der Waals surface area contributed by atoms with Crippen LogP contribution in [0.2, 0.25) is 5.02 Å².